The molecule has 1 aliphatic rings. The van der Waals surface area contributed by atoms with Gasteiger partial charge in [0.25, 0.3) is 5.79 Å². The van der Waals surface area contributed by atoms with E-state index >= 15 is 0 Å². The first-order valence-electron chi connectivity index (χ1n) is 15.5. The highest BCUT2D eigenvalue weighted by molar-refractivity contribution is 6.30. The molecule has 16 nitrogen and oxygen atoms in total. The van der Waals surface area contributed by atoms with Crippen molar-refractivity contribution in [1.29, 1.82) is 0 Å². The molecule has 268 valence electrons. The lowest BCUT2D eigenvalue weighted by Crippen LogP contribution is -2.68. The van der Waals surface area contributed by atoms with Crippen LogP contribution in [0.1, 0.15) is 37.7 Å². The summed E-state index contributed by atoms with van der Waals surface area (Å²) in [7, 11) is 0. The smallest absolute Gasteiger partial charge is 0.364 e. The first-order chi connectivity index (χ1) is 22.9. The Morgan fingerprint density at radius 3 is 2.38 bits per heavy atom. The molecule has 0 unspecified atom stereocenters. The Hall–Kier alpha value is -3.53. The molecule has 0 spiro atoms. The van der Waals surface area contributed by atoms with Gasteiger partial charge in [-0.3, -0.25) is 9.59 Å². The van der Waals surface area contributed by atoms with Gasteiger partial charge in [-0.05, 0) is 30.5 Å². The lowest BCUT2D eigenvalue weighted by Gasteiger charge is -2.46. The largest absolute Gasteiger partial charge is 0.477 e. The van der Waals surface area contributed by atoms with Crippen molar-refractivity contribution >= 4 is 35.4 Å². The summed E-state index contributed by atoms with van der Waals surface area (Å²) in [5, 5.41) is 62.4. The number of aliphatic carboxylic acids is 1. The highest BCUT2D eigenvalue weighted by Crippen LogP contribution is 2.34. The van der Waals surface area contributed by atoms with Gasteiger partial charge in [-0.25, -0.2) is 9.59 Å². The summed E-state index contributed by atoms with van der Waals surface area (Å²) in [5.41, 5.74) is 0.638. The Bertz CT molecular complexity index is 1220. The predicted octanol–water partition coefficient (Wildman–Crippen LogP) is -1.35. The second-order valence-corrected chi connectivity index (χ2v) is 11.5. The van der Waals surface area contributed by atoms with E-state index in [2.05, 4.69) is 27.2 Å². The van der Waals surface area contributed by atoms with Crippen molar-refractivity contribution in [3.05, 3.63) is 34.9 Å². The molecule has 0 saturated carbocycles. The van der Waals surface area contributed by atoms with Crippen LogP contribution in [0, 0.1) is 12.3 Å². The zero-order valence-corrected chi connectivity index (χ0v) is 27.2. The van der Waals surface area contributed by atoms with E-state index in [1.165, 1.54) is 0 Å². The van der Waals surface area contributed by atoms with Crippen molar-refractivity contribution in [3.63, 3.8) is 0 Å². The number of rotatable bonds is 21. The van der Waals surface area contributed by atoms with Crippen LogP contribution in [0.4, 0.5) is 4.79 Å². The van der Waals surface area contributed by atoms with Gasteiger partial charge in [0, 0.05) is 31.1 Å². The number of carboxylic acids is 1. The first kappa shape index (κ1) is 40.6. The molecule has 1 aromatic rings. The second-order valence-electron chi connectivity index (χ2n) is 11.0. The molecule has 1 aromatic carbocycles. The number of urea groups is 1. The number of halogens is 1. The summed E-state index contributed by atoms with van der Waals surface area (Å²) < 4.78 is 16.4. The van der Waals surface area contributed by atoms with Gasteiger partial charge in [0.05, 0.1) is 37.9 Å². The van der Waals surface area contributed by atoms with Crippen LogP contribution in [0.15, 0.2) is 24.3 Å². The number of ether oxygens (including phenoxy) is 3. The number of carboxylic acid groups (broad SMARTS) is 1. The summed E-state index contributed by atoms with van der Waals surface area (Å²) in [4.78, 5) is 48.5. The minimum Gasteiger partial charge on any atom is -0.477 e. The fraction of sp³-hybridized carbons (Fsp3) is 0.613. The van der Waals surface area contributed by atoms with Crippen LogP contribution in [-0.2, 0) is 35.0 Å². The van der Waals surface area contributed by atoms with E-state index in [1.807, 2.05) is 0 Å². The maximum Gasteiger partial charge on any atom is 0.364 e. The zero-order valence-electron chi connectivity index (χ0n) is 26.4. The van der Waals surface area contributed by atoms with E-state index < -0.39 is 73.6 Å². The quantitative estimate of drug-likeness (QED) is 0.0534. The highest BCUT2D eigenvalue weighted by atomic mass is 35.5. The third-order valence-electron chi connectivity index (χ3n) is 7.30. The van der Waals surface area contributed by atoms with Crippen LogP contribution in [0.25, 0.3) is 0 Å². The number of carbonyl (C=O) groups is 4. The van der Waals surface area contributed by atoms with Gasteiger partial charge in [0.2, 0.25) is 11.8 Å². The molecule has 48 heavy (non-hydrogen) atoms. The Morgan fingerprint density at radius 2 is 1.71 bits per heavy atom. The third-order valence-corrected chi connectivity index (χ3v) is 7.55. The van der Waals surface area contributed by atoms with Crippen molar-refractivity contribution in [3.8, 4) is 12.3 Å². The molecule has 2 rings (SSSR count). The summed E-state index contributed by atoms with van der Waals surface area (Å²) >= 11 is 5.85. The van der Waals surface area contributed by atoms with Gasteiger partial charge in [0.1, 0.15) is 25.4 Å². The molecule has 0 aliphatic carbocycles. The molecule has 1 fully saturated rings. The van der Waals surface area contributed by atoms with E-state index in [9.17, 15) is 44.7 Å². The van der Waals surface area contributed by atoms with Crippen molar-refractivity contribution in [2.75, 3.05) is 46.1 Å². The molecule has 9 N–H and O–H groups in total. The van der Waals surface area contributed by atoms with Gasteiger partial charge in [-0.2, -0.15) is 0 Å². The number of aliphatic hydroxyl groups excluding tert-OH is 4. The summed E-state index contributed by atoms with van der Waals surface area (Å²) in [6, 6.07) is 4.70. The SMILES string of the molecule is C#CCOCCNC(=O)NCCCCCCO[C@]1(C(=O)O)C[C@H](O)[C@@H](NC(=O)CO)[C@H]([C@H](O)[C@H](O)CNC(=O)Cc2ccc(Cl)cc2)O1. The van der Waals surface area contributed by atoms with Crippen LogP contribution in [0.2, 0.25) is 5.02 Å². The molecular weight excluding hydrogens is 656 g/mol. The third kappa shape index (κ3) is 13.9. The van der Waals surface area contributed by atoms with E-state index in [-0.39, 0.29) is 25.7 Å². The number of terminal acetylenes is 1. The van der Waals surface area contributed by atoms with Gasteiger partial charge in [0.15, 0.2) is 0 Å². The molecule has 17 heteroatoms. The van der Waals surface area contributed by atoms with E-state index in [1.54, 1.807) is 24.3 Å². The van der Waals surface area contributed by atoms with Crippen molar-refractivity contribution in [2.45, 2.75) is 74.8 Å². The minimum atomic E-state index is -2.45. The monoisotopic (exact) mass is 700 g/mol. The summed E-state index contributed by atoms with van der Waals surface area (Å²) in [6.45, 7) is -0.420. The Balaban J connectivity index is 1.92. The van der Waals surface area contributed by atoms with Crippen LogP contribution in [-0.4, -0.2) is 132 Å². The van der Waals surface area contributed by atoms with E-state index in [0.29, 0.717) is 56.0 Å². The number of aliphatic hydroxyl groups is 4. The van der Waals surface area contributed by atoms with E-state index in [0.717, 1.165) is 0 Å². The Morgan fingerprint density at radius 1 is 1.02 bits per heavy atom. The fourth-order valence-corrected chi connectivity index (χ4v) is 4.93. The number of hydrogen-bond donors (Lipinski definition) is 9. The van der Waals surface area contributed by atoms with Gasteiger partial charge >= 0.3 is 12.0 Å². The normalized spacial score (nSPS) is 21.7. The molecule has 0 aromatic heterocycles. The number of amides is 4. The number of carbonyl (C=O) groups excluding carboxylic acids is 3. The van der Waals surface area contributed by atoms with Crippen LogP contribution < -0.4 is 21.3 Å². The second kappa shape index (κ2) is 21.4. The van der Waals surface area contributed by atoms with Gasteiger partial charge in [-0.1, -0.05) is 42.5 Å². The predicted molar refractivity (Wildman–Crippen MR) is 171 cm³/mol. The van der Waals surface area contributed by atoms with Gasteiger partial charge < -0.3 is 61.0 Å². The van der Waals surface area contributed by atoms with Crippen LogP contribution in [0.5, 0.6) is 0 Å². The summed E-state index contributed by atoms with van der Waals surface area (Å²) in [6.07, 6.45) is -0.385. The van der Waals surface area contributed by atoms with Crippen molar-refractivity contribution in [1.82, 2.24) is 21.3 Å². The molecule has 1 heterocycles. The summed E-state index contributed by atoms with van der Waals surface area (Å²) in [5.74, 6) is -3.19. The molecule has 4 amide bonds. The zero-order chi connectivity index (χ0) is 35.5. The standard InChI is InChI=1S/C31H45ClN4O12/c1-2-13-46-15-12-34-30(45)33-11-5-3-4-6-14-47-31(29(43)44)17-22(38)26(36-25(41)19-37)28(48-31)27(42)23(39)18-35-24(40)16-20-7-9-21(32)10-8-20/h1,7-10,22-23,26-28,37-39,42H,3-6,11-19H2,(H,35,40)(H,36,41)(H,43,44)(H2,33,34,45)/t22-,23+,26+,27+,28+,31+/m0/s1. The molecule has 0 bridgehead atoms. The molecule has 6 atom stereocenters. The maximum absolute atomic E-state index is 12.4. The fourth-order valence-electron chi connectivity index (χ4n) is 4.81. The number of unbranched alkanes of at least 4 members (excludes halogenated alkanes) is 3. The topological polar surface area (TPSA) is 245 Å². The van der Waals surface area contributed by atoms with Crippen LogP contribution in [0.3, 0.4) is 0 Å². The highest BCUT2D eigenvalue weighted by Gasteiger charge is 2.55. The van der Waals surface area contributed by atoms with Crippen molar-refractivity contribution < 1.29 is 58.9 Å². The molecule has 0 radical (unpaired) electrons. The van der Waals surface area contributed by atoms with Crippen LogP contribution >= 0.6 is 11.6 Å². The molecule has 1 saturated heterocycles. The minimum absolute atomic E-state index is 0.0559. The first-order valence-corrected chi connectivity index (χ1v) is 15.8. The Kier molecular flexibility index (Phi) is 18.2. The molecular formula is C31H45ClN4O12. The maximum atomic E-state index is 12.4. The molecule has 1 aliphatic heterocycles. The lowest BCUT2D eigenvalue weighted by atomic mass is 9.88. The number of benzene rings is 1. The number of nitrogens with one attached hydrogen (secondary N) is 4. The van der Waals surface area contributed by atoms with Gasteiger partial charge in [-0.15, -0.1) is 6.42 Å². The van der Waals surface area contributed by atoms with E-state index in [4.69, 9.17) is 32.2 Å². The Labute approximate surface area is 283 Å². The number of hydrogen-bond acceptors (Lipinski definition) is 11. The lowest BCUT2D eigenvalue weighted by molar-refractivity contribution is -0.310. The van der Waals surface area contributed by atoms with Crippen molar-refractivity contribution in [2.24, 2.45) is 0 Å². The average molecular weight is 701 g/mol. The average Bonchev–Trinajstić information content (AvgIpc) is 3.06.